The zero-order chi connectivity index (χ0) is 13.8. The van der Waals surface area contributed by atoms with Crippen LogP contribution in [0.4, 0.5) is 5.69 Å². The van der Waals surface area contributed by atoms with Gasteiger partial charge in [-0.2, -0.15) is 0 Å². The van der Waals surface area contributed by atoms with E-state index in [1.54, 1.807) is 13.0 Å². The molecule has 1 aromatic carbocycles. The van der Waals surface area contributed by atoms with E-state index in [0.29, 0.717) is 18.7 Å². The predicted molar refractivity (Wildman–Crippen MR) is 69.2 cm³/mol. The number of carbonyl (C=O) groups excluding carboxylic acids is 1. The van der Waals surface area contributed by atoms with Crippen molar-refractivity contribution in [1.82, 2.24) is 5.32 Å². The summed E-state index contributed by atoms with van der Waals surface area (Å²) in [4.78, 5) is 22.8. The molecule has 1 aliphatic heterocycles. The second-order valence-corrected chi connectivity index (χ2v) is 4.29. The molecule has 2 atom stereocenters. The van der Waals surface area contributed by atoms with Crippen molar-refractivity contribution >= 4 is 17.6 Å². The molecule has 0 fully saturated rings. The van der Waals surface area contributed by atoms with Gasteiger partial charge in [-0.1, -0.05) is 19.1 Å². The van der Waals surface area contributed by atoms with Crippen molar-refractivity contribution in [3.8, 4) is 5.75 Å². The molecule has 0 spiro atoms. The van der Waals surface area contributed by atoms with Crippen LogP contribution >= 0.6 is 0 Å². The molecule has 0 saturated heterocycles. The molecular formula is C13H16N2O4. The molecule has 1 aromatic rings. The lowest BCUT2D eigenvalue weighted by atomic mass is 10.2. The number of carboxylic acid groups (broad SMARTS) is 1. The van der Waals surface area contributed by atoms with Crippen LogP contribution in [0.1, 0.15) is 13.3 Å². The zero-order valence-electron chi connectivity index (χ0n) is 10.6. The summed E-state index contributed by atoms with van der Waals surface area (Å²) in [5.41, 5.74) is 0.830. The highest BCUT2D eigenvalue weighted by Crippen LogP contribution is 2.28. The molecule has 1 amide bonds. The second-order valence-electron chi connectivity index (χ2n) is 4.29. The molecule has 0 bridgehead atoms. The molecule has 6 nitrogen and oxygen atoms in total. The molecule has 6 heteroatoms. The highest BCUT2D eigenvalue weighted by molar-refractivity contribution is 5.87. The number of amides is 1. The van der Waals surface area contributed by atoms with Gasteiger partial charge < -0.3 is 20.5 Å². The third-order valence-corrected chi connectivity index (χ3v) is 2.95. The van der Waals surface area contributed by atoms with Crippen molar-refractivity contribution in [3.63, 3.8) is 0 Å². The van der Waals surface area contributed by atoms with E-state index in [-0.39, 0.29) is 0 Å². The third-order valence-electron chi connectivity index (χ3n) is 2.95. The lowest BCUT2D eigenvalue weighted by Crippen LogP contribution is -2.50. The van der Waals surface area contributed by atoms with E-state index < -0.39 is 24.0 Å². The molecule has 0 radical (unpaired) electrons. The fourth-order valence-corrected chi connectivity index (χ4v) is 1.86. The van der Waals surface area contributed by atoms with E-state index in [1.807, 2.05) is 18.2 Å². The number of hydrogen-bond donors (Lipinski definition) is 3. The molecule has 0 aliphatic carbocycles. The van der Waals surface area contributed by atoms with Gasteiger partial charge in [0.15, 0.2) is 6.10 Å². The first kappa shape index (κ1) is 13.2. The maximum atomic E-state index is 11.9. The number of carboxylic acids is 1. The summed E-state index contributed by atoms with van der Waals surface area (Å²) in [6, 6.07) is 6.42. The molecule has 0 saturated carbocycles. The number of aliphatic carboxylic acids is 1. The van der Waals surface area contributed by atoms with Gasteiger partial charge in [0.1, 0.15) is 11.8 Å². The minimum absolute atomic E-state index is 0.318. The Hall–Kier alpha value is -2.24. The number of ether oxygens (including phenoxy) is 1. The van der Waals surface area contributed by atoms with Gasteiger partial charge in [0, 0.05) is 0 Å². The minimum Gasteiger partial charge on any atom is -0.480 e. The monoisotopic (exact) mass is 264 g/mol. The maximum absolute atomic E-state index is 11.9. The van der Waals surface area contributed by atoms with Crippen LogP contribution in [0, 0.1) is 0 Å². The Labute approximate surface area is 110 Å². The van der Waals surface area contributed by atoms with Crippen LogP contribution in [-0.2, 0) is 9.59 Å². The second kappa shape index (κ2) is 5.60. The van der Waals surface area contributed by atoms with Gasteiger partial charge >= 0.3 is 5.97 Å². The van der Waals surface area contributed by atoms with Crippen LogP contribution in [0.25, 0.3) is 0 Å². The predicted octanol–water partition coefficient (Wildman–Crippen LogP) is 0.839. The first-order valence-electron chi connectivity index (χ1n) is 6.14. The van der Waals surface area contributed by atoms with Gasteiger partial charge in [-0.15, -0.1) is 0 Å². The van der Waals surface area contributed by atoms with Gasteiger partial charge in [-0.25, -0.2) is 4.79 Å². The fraction of sp³-hybridized carbons (Fsp3) is 0.385. The van der Waals surface area contributed by atoms with Gasteiger partial charge in [0.05, 0.1) is 12.2 Å². The first-order valence-corrected chi connectivity index (χ1v) is 6.14. The van der Waals surface area contributed by atoms with E-state index in [4.69, 9.17) is 9.84 Å². The number of carbonyl (C=O) groups is 2. The summed E-state index contributed by atoms with van der Waals surface area (Å²) in [7, 11) is 0. The van der Waals surface area contributed by atoms with Crippen molar-refractivity contribution in [3.05, 3.63) is 24.3 Å². The minimum atomic E-state index is -1.04. The Bertz CT molecular complexity index is 489. The van der Waals surface area contributed by atoms with Gasteiger partial charge in [0.2, 0.25) is 0 Å². The number of fused-ring (bicyclic) bond motifs is 1. The van der Waals surface area contributed by atoms with E-state index in [1.165, 1.54) is 0 Å². The molecule has 1 aliphatic rings. The summed E-state index contributed by atoms with van der Waals surface area (Å²) < 4.78 is 5.55. The van der Waals surface area contributed by atoms with Crippen LogP contribution in [0.15, 0.2) is 24.3 Å². The van der Waals surface area contributed by atoms with E-state index >= 15 is 0 Å². The maximum Gasteiger partial charge on any atom is 0.326 e. The van der Waals surface area contributed by atoms with Crippen molar-refractivity contribution in [2.45, 2.75) is 25.5 Å². The number of hydrogen-bond acceptors (Lipinski definition) is 4. The quantitative estimate of drug-likeness (QED) is 0.750. The van der Waals surface area contributed by atoms with Crippen molar-refractivity contribution < 1.29 is 19.4 Å². The summed E-state index contributed by atoms with van der Waals surface area (Å²) in [6.45, 7) is 2.02. The Morgan fingerprint density at radius 3 is 2.95 bits per heavy atom. The van der Waals surface area contributed by atoms with Crippen LogP contribution in [0.5, 0.6) is 5.75 Å². The lowest BCUT2D eigenvalue weighted by molar-refractivity contribution is -0.143. The summed E-state index contributed by atoms with van der Waals surface area (Å²) >= 11 is 0. The SMILES string of the molecule is CC[C@H](NC(=O)C1CNc2ccccc2O1)C(=O)O. The van der Waals surface area contributed by atoms with Gasteiger partial charge in [-0.05, 0) is 18.6 Å². The zero-order valence-corrected chi connectivity index (χ0v) is 10.6. The van der Waals surface area contributed by atoms with E-state index in [9.17, 15) is 9.59 Å². The largest absolute Gasteiger partial charge is 0.480 e. The Kier molecular flexibility index (Phi) is 3.89. The lowest BCUT2D eigenvalue weighted by Gasteiger charge is -2.27. The molecule has 1 heterocycles. The van der Waals surface area contributed by atoms with Crippen molar-refractivity contribution in [1.29, 1.82) is 0 Å². The average Bonchev–Trinajstić information content (AvgIpc) is 2.43. The molecule has 3 N–H and O–H groups in total. The van der Waals surface area contributed by atoms with Crippen LogP contribution in [-0.4, -0.2) is 35.7 Å². The molecule has 2 rings (SSSR count). The topological polar surface area (TPSA) is 87.7 Å². The van der Waals surface area contributed by atoms with Crippen molar-refractivity contribution in [2.24, 2.45) is 0 Å². The van der Waals surface area contributed by atoms with Gasteiger partial charge in [0.25, 0.3) is 5.91 Å². The highest BCUT2D eigenvalue weighted by Gasteiger charge is 2.28. The molecular weight excluding hydrogens is 248 g/mol. The van der Waals surface area contributed by atoms with E-state index in [0.717, 1.165) is 5.69 Å². The number of rotatable bonds is 4. The number of para-hydroxylation sites is 2. The van der Waals surface area contributed by atoms with Crippen LogP contribution in [0.2, 0.25) is 0 Å². The summed E-state index contributed by atoms with van der Waals surface area (Å²) in [6.07, 6.45) is -0.388. The molecule has 19 heavy (non-hydrogen) atoms. The smallest absolute Gasteiger partial charge is 0.326 e. The third kappa shape index (κ3) is 2.96. The molecule has 0 aromatic heterocycles. The summed E-state index contributed by atoms with van der Waals surface area (Å²) in [5, 5.41) is 14.5. The summed E-state index contributed by atoms with van der Waals surface area (Å²) in [5.74, 6) is -0.867. The number of nitrogens with one attached hydrogen (secondary N) is 2. The normalized spacial score (nSPS) is 18.5. The van der Waals surface area contributed by atoms with Gasteiger partial charge in [-0.3, -0.25) is 4.79 Å². The Morgan fingerprint density at radius 2 is 2.26 bits per heavy atom. The standard InChI is InChI=1S/C13H16N2O4/c1-2-8(13(17)18)15-12(16)11-7-14-9-5-3-4-6-10(9)19-11/h3-6,8,11,14H,2,7H2,1H3,(H,15,16)(H,17,18)/t8-,11?/m0/s1. The number of anilines is 1. The fourth-order valence-electron chi connectivity index (χ4n) is 1.86. The molecule has 102 valence electrons. The Morgan fingerprint density at radius 1 is 1.53 bits per heavy atom. The van der Waals surface area contributed by atoms with E-state index in [2.05, 4.69) is 10.6 Å². The molecule has 1 unspecified atom stereocenters. The van der Waals surface area contributed by atoms with Crippen molar-refractivity contribution in [2.75, 3.05) is 11.9 Å². The highest BCUT2D eigenvalue weighted by atomic mass is 16.5. The number of benzene rings is 1. The average molecular weight is 264 g/mol. The Balaban J connectivity index is 2.01. The van der Waals surface area contributed by atoms with Crippen LogP contribution in [0.3, 0.4) is 0 Å². The first-order chi connectivity index (χ1) is 9.11. The van der Waals surface area contributed by atoms with Crippen LogP contribution < -0.4 is 15.4 Å².